The molecule has 0 radical (unpaired) electrons. The van der Waals surface area contributed by atoms with E-state index in [0.717, 1.165) is 93.3 Å². The average Bonchev–Trinajstić information content (AvgIpc) is 3.59. The first kappa shape index (κ1) is 25.7. The summed E-state index contributed by atoms with van der Waals surface area (Å²) in [4.78, 5) is 21.3. The summed E-state index contributed by atoms with van der Waals surface area (Å²) in [7, 11) is 0. The van der Waals surface area contributed by atoms with Gasteiger partial charge in [-0.25, -0.2) is 9.78 Å². The average molecular weight is 552 g/mol. The van der Waals surface area contributed by atoms with Gasteiger partial charge in [-0.3, -0.25) is 9.58 Å². The Kier molecular flexibility index (Phi) is 6.69. The number of piperidine rings is 1. The topological polar surface area (TPSA) is 112 Å². The van der Waals surface area contributed by atoms with Crippen LogP contribution in [-0.4, -0.2) is 67.7 Å². The highest BCUT2D eigenvalue weighted by Gasteiger charge is 2.27. The second-order valence-corrected chi connectivity index (χ2v) is 11.4. The van der Waals surface area contributed by atoms with E-state index < -0.39 is 5.97 Å². The van der Waals surface area contributed by atoms with Gasteiger partial charge in [0.25, 0.3) is 0 Å². The number of likely N-dealkylation sites (tertiary alicyclic amines) is 1. The minimum Gasteiger partial charge on any atom is -0.478 e. The summed E-state index contributed by atoms with van der Waals surface area (Å²) in [5.41, 5.74) is 5.23. The quantitative estimate of drug-likeness (QED) is 0.367. The lowest BCUT2D eigenvalue weighted by atomic mass is 9.97. The van der Waals surface area contributed by atoms with Gasteiger partial charge in [0.15, 0.2) is 5.82 Å². The zero-order valence-electron chi connectivity index (χ0n) is 22.9. The smallest absolute Gasteiger partial charge is 0.335 e. The molecule has 210 valence electrons. The highest BCUT2D eigenvalue weighted by atomic mass is 16.5. The molecule has 0 spiro atoms. The SMILES string of the molecule is N#Cc1ccc2c(c1)CCN(c1ccn(C3CCN(Cc4nc5ccc(C(=O)O)cc5n4CC4CCO4)CC3)n1)C2. The van der Waals surface area contributed by atoms with Gasteiger partial charge < -0.3 is 19.3 Å². The predicted octanol–water partition coefficient (Wildman–Crippen LogP) is 3.99. The van der Waals surface area contributed by atoms with E-state index in [-0.39, 0.29) is 11.7 Å². The van der Waals surface area contributed by atoms with Crippen LogP contribution in [0.15, 0.2) is 48.7 Å². The maximum atomic E-state index is 11.6. The maximum absolute atomic E-state index is 11.6. The normalized spacial score (nSPS) is 19.6. The Morgan fingerprint density at radius 3 is 2.68 bits per heavy atom. The number of rotatable bonds is 7. The van der Waals surface area contributed by atoms with Gasteiger partial charge in [0.05, 0.1) is 53.5 Å². The van der Waals surface area contributed by atoms with Crippen molar-refractivity contribution in [2.45, 2.75) is 57.5 Å². The van der Waals surface area contributed by atoms with Crippen LogP contribution in [-0.2, 0) is 30.8 Å². The van der Waals surface area contributed by atoms with Crippen LogP contribution in [0.4, 0.5) is 5.82 Å². The Morgan fingerprint density at radius 1 is 1.07 bits per heavy atom. The fourth-order valence-corrected chi connectivity index (χ4v) is 6.32. The number of nitriles is 1. The summed E-state index contributed by atoms with van der Waals surface area (Å²) in [6.07, 6.45) is 6.23. The van der Waals surface area contributed by atoms with Crippen molar-refractivity contribution in [2.75, 3.05) is 31.1 Å². The van der Waals surface area contributed by atoms with Gasteiger partial charge in [0.2, 0.25) is 0 Å². The number of aromatic nitrogens is 4. The summed E-state index contributed by atoms with van der Waals surface area (Å²) < 4.78 is 10.0. The van der Waals surface area contributed by atoms with Crippen LogP contribution in [0.5, 0.6) is 0 Å². The van der Waals surface area contributed by atoms with Gasteiger partial charge in [-0.05, 0) is 67.1 Å². The molecule has 0 aliphatic carbocycles. The monoisotopic (exact) mass is 551 g/mol. The van der Waals surface area contributed by atoms with Gasteiger partial charge in [-0.2, -0.15) is 10.4 Å². The van der Waals surface area contributed by atoms with Crippen molar-refractivity contribution < 1.29 is 14.6 Å². The van der Waals surface area contributed by atoms with Crippen LogP contribution < -0.4 is 4.90 Å². The summed E-state index contributed by atoms with van der Waals surface area (Å²) in [5.74, 6) is 1.05. The molecule has 10 nitrogen and oxygen atoms in total. The summed E-state index contributed by atoms with van der Waals surface area (Å²) in [6, 6.07) is 15.9. The number of benzene rings is 2. The van der Waals surface area contributed by atoms with Crippen LogP contribution in [0.1, 0.15) is 58.2 Å². The van der Waals surface area contributed by atoms with E-state index in [1.54, 1.807) is 12.1 Å². The molecular weight excluding hydrogens is 518 g/mol. The minimum atomic E-state index is -0.927. The second-order valence-electron chi connectivity index (χ2n) is 11.4. The molecule has 5 heterocycles. The standard InChI is InChI=1S/C31H33N7O3/c32-17-21-1-2-24-18-36(12-5-22(24)15-21)29-8-13-38(34-29)25-6-10-35(11-7-25)20-30-33-27-4-3-23(31(39)40)16-28(27)37(30)19-26-9-14-41-26/h1-4,8,13,15-16,25-26H,5-7,9-12,14,18-20H2,(H,39,40). The van der Waals surface area contributed by atoms with Crippen LogP contribution in [0.2, 0.25) is 0 Å². The van der Waals surface area contributed by atoms with Crippen molar-refractivity contribution in [3.05, 3.63) is 76.7 Å². The molecule has 1 unspecified atom stereocenters. The van der Waals surface area contributed by atoms with Gasteiger partial charge >= 0.3 is 5.97 Å². The minimum absolute atomic E-state index is 0.155. The molecule has 2 aromatic heterocycles. The lowest BCUT2D eigenvalue weighted by Gasteiger charge is -2.33. The Hall–Kier alpha value is -4.20. The summed E-state index contributed by atoms with van der Waals surface area (Å²) in [6.45, 7) is 5.81. The third-order valence-corrected chi connectivity index (χ3v) is 8.82. The second kappa shape index (κ2) is 10.7. The van der Waals surface area contributed by atoms with Crippen molar-refractivity contribution >= 4 is 22.8 Å². The Balaban J connectivity index is 1.01. The third-order valence-electron chi connectivity index (χ3n) is 8.82. The van der Waals surface area contributed by atoms with Crippen molar-refractivity contribution in [1.82, 2.24) is 24.2 Å². The number of hydrogen-bond donors (Lipinski definition) is 1. The van der Waals surface area contributed by atoms with E-state index in [0.29, 0.717) is 12.6 Å². The number of aromatic carboxylic acids is 1. The largest absolute Gasteiger partial charge is 0.478 e. The van der Waals surface area contributed by atoms with Gasteiger partial charge in [-0.15, -0.1) is 0 Å². The molecule has 2 aromatic carbocycles. The van der Waals surface area contributed by atoms with Gasteiger partial charge in [0.1, 0.15) is 5.82 Å². The first-order valence-electron chi connectivity index (χ1n) is 14.4. The number of carboxylic acid groups (broad SMARTS) is 1. The van der Waals surface area contributed by atoms with Crippen molar-refractivity contribution in [1.29, 1.82) is 5.26 Å². The Bertz CT molecular complexity index is 1640. The van der Waals surface area contributed by atoms with E-state index in [1.165, 1.54) is 11.1 Å². The number of carboxylic acids is 1. The summed E-state index contributed by atoms with van der Waals surface area (Å²) >= 11 is 0. The lowest BCUT2D eigenvalue weighted by Crippen LogP contribution is -2.36. The molecule has 1 atom stereocenters. The van der Waals surface area contributed by atoms with Gasteiger partial charge in [-0.1, -0.05) is 6.07 Å². The molecule has 41 heavy (non-hydrogen) atoms. The van der Waals surface area contributed by atoms with E-state index >= 15 is 0 Å². The first-order valence-corrected chi connectivity index (χ1v) is 14.4. The number of anilines is 1. The molecule has 0 amide bonds. The molecule has 1 N–H and O–H groups in total. The number of imidazole rings is 1. The van der Waals surface area contributed by atoms with Gasteiger partial charge in [0, 0.05) is 45.0 Å². The Labute approximate surface area is 238 Å². The Morgan fingerprint density at radius 2 is 1.93 bits per heavy atom. The van der Waals surface area contributed by atoms with Crippen molar-refractivity contribution in [2.24, 2.45) is 0 Å². The molecule has 3 aliphatic heterocycles. The van der Waals surface area contributed by atoms with Crippen molar-refractivity contribution in [3.63, 3.8) is 0 Å². The van der Waals surface area contributed by atoms with Crippen LogP contribution in [0.25, 0.3) is 11.0 Å². The van der Waals surface area contributed by atoms with Crippen LogP contribution in [0, 0.1) is 11.3 Å². The number of nitrogens with zero attached hydrogens (tertiary/aromatic N) is 7. The molecular formula is C31H33N7O3. The molecule has 2 fully saturated rings. The molecule has 10 heteroatoms. The predicted molar refractivity (Wildman–Crippen MR) is 153 cm³/mol. The highest BCUT2D eigenvalue weighted by Crippen LogP contribution is 2.29. The molecule has 7 rings (SSSR count). The number of hydrogen-bond acceptors (Lipinski definition) is 7. The molecule has 4 aromatic rings. The fourth-order valence-electron chi connectivity index (χ4n) is 6.32. The fraction of sp³-hybridized carbons (Fsp3) is 0.419. The summed E-state index contributed by atoms with van der Waals surface area (Å²) in [5, 5.41) is 23.7. The third kappa shape index (κ3) is 5.07. The highest BCUT2D eigenvalue weighted by molar-refractivity contribution is 5.92. The maximum Gasteiger partial charge on any atom is 0.335 e. The molecule has 2 saturated heterocycles. The zero-order chi connectivity index (χ0) is 27.9. The zero-order valence-corrected chi connectivity index (χ0v) is 22.9. The number of fused-ring (bicyclic) bond motifs is 2. The first-order chi connectivity index (χ1) is 20.0. The molecule has 0 saturated carbocycles. The lowest BCUT2D eigenvalue weighted by molar-refractivity contribution is -0.0592. The number of ether oxygens (including phenoxy) is 1. The van der Waals surface area contributed by atoms with Crippen molar-refractivity contribution in [3.8, 4) is 6.07 Å². The van der Waals surface area contributed by atoms with E-state index in [4.69, 9.17) is 14.8 Å². The molecule has 3 aliphatic rings. The van der Waals surface area contributed by atoms with E-state index in [2.05, 4.69) is 43.4 Å². The molecule has 0 bridgehead atoms. The van der Waals surface area contributed by atoms with Crippen LogP contribution in [0.3, 0.4) is 0 Å². The number of carbonyl (C=O) groups is 1. The van der Waals surface area contributed by atoms with E-state index in [9.17, 15) is 15.2 Å². The van der Waals surface area contributed by atoms with Crippen LogP contribution >= 0.6 is 0 Å². The van der Waals surface area contributed by atoms with E-state index in [1.807, 2.05) is 18.2 Å².